The number of carbonyl (C=O) groups excluding carboxylic acids is 1. The SMILES string of the molecule is CC(Sc1nnnn1Cc1ccco1)C(=O)NC1CC1. The van der Waals surface area contributed by atoms with Crippen LogP contribution in [-0.4, -0.2) is 37.4 Å². The van der Waals surface area contributed by atoms with E-state index in [1.165, 1.54) is 11.8 Å². The molecule has 3 rings (SSSR count). The number of hydrogen-bond acceptors (Lipinski definition) is 6. The molecule has 0 saturated heterocycles. The van der Waals surface area contributed by atoms with Crippen molar-refractivity contribution >= 4 is 17.7 Å². The molecule has 2 heterocycles. The van der Waals surface area contributed by atoms with Crippen LogP contribution in [0.2, 0.25) is 0 Å². The van der Waals surface area contributed by atoms with Gasteiger partial charge in [-0.1, -0.05) is 11.8 Å². The maximum Gasteiger partial charge on any atom is 0.233 e. The van der Waals surface area contributed by atoms with Crippen molar-refractivity contribution in [3.8, 4) is 0 Å². The van der Waals surface area contributed by atoms with Gasteiger partial charge in [0.2, 0.25) is 11.1 Å². The molecule has 0 bridgehead atoms. The van der Waals surface area contributed by atoms with Crippen molar-refractivity contribution in [3.05, 3.63) is 24.2 Å². The normalized spacial score (nSPS) is 16.1. The molecule has 0 spiro atoms. The van der Waals surface area contributed by atoms with E-state index in [1.807, 2.05) is 19.1 Å². The largest absolute Gasteiger partial charge is 0.467 e. The number of carbonyl (C=O) groups is 1. The van der Waals surface area contributed by atoms with Crippen LogP contribution in [0.1, 0.15) is 25.5 Å². The van der Waals surface area contributed by atoms with Crippen LogP contribution in [0, 0.1) is 0 Å². The summed E-state index contributed by atoms with van der Waals surface area (Å²) in [6.07, 6.45) is 3.77. The molecule has 0 aromatic carbocycles. The topological polar surface area (TPSA) is 85.8 Å². The number of tetrazole rings is 1. The molecule has 1 amide bonds. The van der Waals surface area contributed by atoms with Gasteiger partial charge in [-0.2, -0.15) is 0 Å². The van der Waals surface area contributed by atoms with Crippen molar-refractivity contribution in [1.29, 1.82) is 0 Å². The molecule has 1 unspecified atom stereocenters. The van der Waals surface area contributed by atoms with Crippen molar-refractivity contribution in [3.63, 3.8) is 0 Å². The highest BCUT2D eigenvalue weighted by Crippen LogP contribution is 2.23. The maximum absolute atomic E-state index is 11.9. The van der Waals surface area contributed by atoms with Gasteiger partial charge in [0.05, 0.1) is 11.5 Å². The van der Waals surface area contributed by atoms with E-state index in [9.17, 15) is 4.79 Å². The van der Waals surface area contributed by atoms with Crippen LogP contribution < -0.4 is 5.32 Å². The molecule has 0 aliphatic heterocycles. The average molecular weight is 293 g/mol. The number of nitrogens with one attached hydrogen (secondary N) is 1. The molecule has 106 valence electrons. The van der Waals surface area contributed by atoms with Crippen LogP contribution in [0.15, 0.2) is 28.0 Å². The predicted octanol–water partition coefficient (Wildman–Crippen LogP) is 1.07. The Hall–Kier alpha value is -1.83. The van der Waals surface area contributed by atoms with Crippen LogP contribution in [0.3, 0.4) is 0 Å². The van der Waals surface area contributed by atoms with Crippen molar-refractivity contribution in [1.82, 2.24) is 25.5 Å². The van der Waals surface area contributed by atoms with Crippen LogP contribution in [0.25, 0.3) is 0 Å². The molecule has 2 aromatic heterocycles. The highest BCUT2D eigenvalue weighted by Gasteiger charge is 2.27. The molecule has 1 aliphatic carbocycles. The quantitative estimate of drug-likeness (QED) is 0.802. The molecular formula is C12H15N5O2S. The smallest absolute Gasteiger partial charge is 0.233 e. The molecule has 1 aliphatic rings. The van der Waals surface area contributed by atoms with Gasteiger partial charge in [0.25, 0.3) is 0 Å². The number of rotatable bonds is 6. The summed E-state index contributed by atoms with van der Waals surface area (Å²) in [6, 6.07) is 4.04. The molecule has 0 radical (unpaired) electrons. The van der Waals surface area contributed by atoms with Gasteiger partial charge >= 0.3 is 0 Å². The summed E-state index contributed by atoms with van der Waals surface area (Å²) >= 11 is 1.35. The molecule has 2 aromatic rings. The third kappa shape index (κ3) is 3.19. The lowest BCUT2D eigenvalue weighted by Crippen LogP contribution is -2.32. The van der Waals surface area contributed by atoms with Gasteiger partial charge in [-0.3, -0.25) is 4.79 Å². The summed E-state index contributed by atoms with van der Waals surface area (Å²) in [6.45, 7) is 2.31. The second kappa shape index (κ2) is 5.66. The minimum absolute atomic E-state index is 0.0325. The number of nitrogens with zero attached hydrogens (tertiary/aromatic N) is 4. The monoisotopic (exact) mass is 293 g/mol. The molecule has 1 saturated carbocycles. The van der Waals surface area contributed by atoms with Gasteiger partial charge in [-0.25, -0.2) is 4.68 Å². The van der Waals surface area contributed by atoms with E-state index in [2.05, 4.69) is 20.8 Å². The highest BCUT2D eigenvalue weighted by atomic mass is 32.2. The van der Waals surface area contributed by atoms with Gasteiger partial charge in [0.1, 0.15) is 12.3 Å². The highest BCUT2D eigenvalue weighted by molar-refractivity contribution is 8.00. The fourth-order valence-corrected chi connectivity index (χ4v) is 2.49. The van der Waals surface area contributed by atoms with Crippen molar-refractivity contribution < 1.29 is 9.21 Å². The Balaban J connectivity index is 1.62. The number of hydrogen-bond donors (Lipinski definition) is 1. The summed E-state index contributed by atoms with van der Waals surface area (Å²) in [4.78, 5) is 11.9. The van der Waals surface area contributed by atoms with Gasteiger partial charge in [0, 0.05) is 6.04 Å². The number of furan rings is 1. The van der Waals surface area contributed by atoms with Crippen molar-refractivity contribution in [2.45, 2.75) is 42.8 Å². The van der Waals surface area contributed by atoms with E-state index in [0.717, 1.165) is 18.6 Å². The second-order valence-corrected chi connectivity index (χ2v) is 6.05. The average Bonchev–Trinajstić information content (AvgIpc) is 2.91. The molecule has 1 atom stereocenters. The Bertz CT molecular complexity index is 578. The van der Waals surface area contributed by atoms with E-state index in [0.29, 0.717) is 17.7 Å². The number of amides is 1. The minimum atomic E-state index is -0.225. The first-order valence-electron chi connectivity index (χ1n) is 6.48. The summed E-state index contributed by atoms with van der Waals surface area (Å²) in [5.41, 5.74) is 0. The zero-order chi connectivity index (χ0) is 13.9. The lowest BCUT2D eigenvalue weighted by atomic mass is 10.4. The standard InChI is InChI=1S/C12H15N5O2S/c1-8(11(18)13-9-4-5-9)20-12-14-15-16-17(12)7-10-3-2-6-19-10/h2-3,6,8-9H,4-5,7H2,1H3,(H,13,18). The van der Waals surface area contributed by atoms with Gasteiger partial charge < -0.3 is 9.73 Å². The molecule has 1 fully saturated rings. The lowest BCUT2D eigenvalue weighted by Gasteiger charge is -2.10. The Morgan fingerprint density at radius 3 is 3.20 bits per heavy atom. The van der Waals surface area contributed by atoms with Crippen LogP contribution >= 0.6 is 11.8 Å². The Morgan fingerprint density at radius 1 is 1.65 bits per heavy atom. The minimum Gasteiger partial charge on any atom is -0.467 e. The zero-order valence-electron chi connectivity index (χ0n) is 11.0. The fourth-order valence-electron chi connectivity index (χ4n) is 1.69. The van der Waals surface area contributed by atoms with Gasteiger partial charge in [-0.05, 0) is 42.3 Å². The predicted molar refractivity (Wildman–Crippen MR) is 72.1 cm³/mol. The summed E-state index contributed by atoms with van der Waals surface area (Å²) in [7, 11) is 0. The third-order valence-corrected chi connectivity index (χ3v) is 4.03. The van der Waals surface area contributed by atoms with E-state index in [1.54, 1.807) is 10.9 Å². The first kappa shape index (κ1) is 13.2. The number of aromatic nitrogens is 4. The molecule has 1 N–H and O–H groups in total. The number of thioether (sulfide) groups is 1. The first-order chi connectivity index (χ1) is 9.72. The van der Waals surface area contributed by atoms with Crippen molar-refractivity contribution in [2.75, 3.05) is 0 Å². The molecule has 8 heteroatoms. The van der Waals surface area contributed by atoms with Crippen LogP contribution in [-0.2, 0) is 11.3 Å². The molecular weight excluding hydrogens is 278 g/mol. The van der Waals surface area contributed by atoms with Crippen molar-refractivity contribution in [2.24, 2.45) is 0 Å². The van der Waals surface area contributed by atoms with E-state index < -0.39 is 0 Å². The maximum atomic E-state index is 11.9. The zero-order valence-corrected chi connectivity index (χ0v) is 11.8. The van der Waals surface area contributed by atoms with Crippen LogP contribution in [0.5, 0.6) is 0 Å². The van der Waals surface area contributed by atoms with Crippen LogP contribution in [0.4, 0.5) is 0 Å². The third-order valence-electron chi connectivity index (χ3n) is 2.96. The first-order valence-corrected chi connectivity index (χ1v) is 7.36. The lowest BCUT2D eigenvalue weighted by molar-refractivity contribution is -0.120. The Labute approximate surface area is 120 Å². The summed E-state index contributed by atoms with van der Waals surface area (Å²) in [5.74, 6) is 0.805. The summed E-state index contributed by atoms with van der Waals surface area (Å²) < 4.78 is 6.90. The van der Waals surface area contributed by atoms with E-state index in [4.69, 9.17) is 4.42 Å². The van der Waals surface area contributed by atoms with Gasteiger partial charge in [0.15, 0.2) is 0 Å². The Morgan fingerprint density at radius 2 is 2.50 bits per heavy atom. The second-order valence-electron chi connectivity index (χ2n) is 4.74. The van der Waals surface area contributed by atoms with Gasteiger partial charge in [-0.15, -0.1) is 5.10 Å². The Kier molecular flexibility index (Phi) is 3.72. The summed E-state index contributed by atoms with van der Waals surface area (Å²) in [5, 5.41) is 14.9. The fraction of sp³-hybridized carbons (Fsp3) is 0.500. The molecule has 7 nitrogen and oxygen atoms in total. The van der Waals surface area contributed by atoms with E-state index >= 15 is 0 Å². The molecule has 20 heavy (non-hydrogen) atoms. The van der Waals surface area contributed by atoms with E-state index in [-0.39, 0.29) is 11.2 Å².